The first-order valence-electron chi connectivity index (χ1n) is 5.46. The maximum Gasteiger partial charge on any atom is 0.148 e. The minimum Gasteiger partial charge on any atom is -0.387 e. The van der Waals surface area contributed by atoms with E-state index in [1.165, 1.54) is 18.9 Å². The molecule has 0 heterocycles. The van der Waals surface area contributed by atoms with Crippen LogP contribution >= 0.6 is 15.9 Å². The highest BCUT2D eigenvalue weighted by Crippen LogP contribution is 2.28. The van der Waals surface area contributed by atoms with Gasteiger partial charge in [-0.3, -0.25) is 0 Å². The lowest BCUT2D eigenvalue weighted by Gasteiger charge is -2.08. The van der Waals surface area contributed by atoms with Crippen molar-refractivity contribution in [3.63, 3.8) is 0 Å². The van der Waals surface area contributed by atoms with Gasteiger partial charge in [0.15, 0.2) is 0 Å². The standard InChI is InChI=1S/C12H14BrFN2/c13-9-5-6-10(14)11(7-9)16-12(15)8-3-1-2-4-8/h5-8H,1-4H2,(H2,15,16). The topological polar surface area (TPSA) is 38.4 Å². The Bertz CT molecular complexity index is 411. The number of hydrogen-bond donors (Lipinski definition) is 1. The maximum atomic E-state index is 13.4. The third kappa shape index (κ3) is 2.61. The number of benzene rings is 1. The molecule has 0 bridgehead atoms. The van der Waals surface area contributed by atoms with E-state index < -0.39 is 0 Å². The van der Waals surface area contributed by atoms with Crippen LogP contribution in [0.15, 0.2) is 27.7 Å². The normalized spacial score (nSPS) is 18.0. The lowest BCUT2D eigenvalue weighted by atomic mass is 10.1. The van der Waals surface area contributed by atoms with Gasteiger partial charge in [-0.1, -0.05) is 28.8 Å². The minimum atomic E-state index is -0.329. The Labute approximate surface area is 103 Å². The third-order valence-electron chi connectivity index (χ3n) is 2.93. The van der Waals surface area contributed by atoms with Gasteiger partial charge in [0.2, 0.25) is 0 Å². The van der Waals surface area contributed by atoms with Crippen LogP contribution in [-0.2, 0) is 0 Å². The van der Waals surface area contributed by atoms with Gasteiger partial charge in [-0.2, -0.15) is 0 Å². The van der Waals surface area contributed by atoms with E-state index in [4.69, 9.17) is 5.73 Å². The Morgan fingerprint density at radius 3 is 2.75 bits per heavy atom. The average Bonchev–Trinajstić information content (AvgIpc) is 2.76. The lowest BCUT2D eigenvalue weighted by Crippen LogP contribution is -2.20. The first-order chi connectivity index (χ1) is 7.66. The Kier molecular flexibility index (Phi) is 3.59. The highest BCUT2D eigenvalue weighted by molar-refractivity contribution is 9.10. The Morgan fingerprint density at radius 2 is 2.06 bits per heavy atom. The van der Waals surface area contributed by atoms with E-state index >= 15 is 0 Å². The molecule has 0 unspecified atom stereocenters. The van der Waals surface area contributed by atoms with E-state index in [0.29, 0.717) is 17.4 Å². The molecule has 0 radical (unpaired) electrons. The zero-order valence-electron chi connectivity index (χ0n) is 8.92. The molecule has 0 aromatic heterocycles. The maximum absolute atomic E-state index is 13.4. The van der Waals surface area contributed by atoms with Crippen molar-refractivity contribution in [2.24, 2.45) is 16.6 Å². The summed E-state index contributed by atoms with van der Waals surface area (Å²) in [4.78, 5) is 4.19. The van der Waals surface area contributed by atoms with Crippen molar-refractivity contribution in [2.75, 3.05) is 0 Å². The molecule has 4 heteroatoms. The van der Waals surface area contributed by atoms with E-state index in [2.05, 4.69) is 20.9 Å². The van der Waals surface area contributed by atoms with Crippen molar-refractivity contribution >= 4 is 27.5 Å². The molecule has 0 atom stereocenters. The van der Waals surface area contributed by atoms with Gasteiger partial charge >= 0.3 is 0 Å². The molecule has 1 aromatic carbocycles. The number of hydrogen-bond acceptors (Lipinski definition) is 1. The van der Waals surface area contributed by atoms with Gasteiger partial charge in [0.05, 0.1) is 0 Å². The molecular weight excluding hydrogens is 271 g/mol. The van der Waals surface area contributed by atoms with E-state index in [1.807, 2.05) is 0 Å². The molecular formula is C12H14BrFN2. The predicted octanol–water partition coefficient (Wildman–Crippen LogP) is 3.77. The zero-order chi connectivity index (χ0) is 11.5. The zero-order valence-corrected chi connectivity index (χ0v) is 10.5. The smallest absolute Gasteiger partial charge is 0.148 e. The van der Waals surface area contributed by atoms with Gasteiger partial charge in [-0.25, -0.2) is 9.38 Å². The van der Waals surface area contributed by atoms with Crippen molar-refractivity contribution in [1.29, 1.82) is 0 Å². The molecule has 0 spiro atoms. The molecule has 0 amide bonds. The quantitative estimate of drug-likeness (QED) is 0.652. The predicted molar refractivity (Wildman–Crippen MR) is 67.3 cm³/mol. The molecule has 0 aliphatic heterocycles. The highest BCUT2D eigenvalue weighted by Gasteiger charge is 2.18. The number of rotatable bonds is 2. The summed E-state index contributed by atoms with van der Waals surface area (Å²) >= 11 is 3.29. The van der Waals surface area contributed by atoms with Crippen molar-refractivity contribution in [3.8, 4) is 0 Å². The Balaban J connectivity index is 2.23. The first-order valence-corrected chi connectivity index (χ1v) is 6.25. The molecule has 1 aromatic rings. The fourth-order valence-electron chi connectivity index (χ4n) is 2.02. The summed E-state index contributed by atoms with van der Waals surface area (Å²) in [7, 11) is 0. The number of nitrogens with zero attached hydrogens (tertiary/aromatic N) is 1. The van der Waals surface area contributed by atoms with Gasteiger partial charge in [-0.15, -0.1) is 0 Å². The molecule has 1 aliphatic carbocycles. The van der Waals surface area contributed by atoms with Crippen LogP contribution < -0.4 is 5.73 Å². The van der Waals surface area contributed by atoms with E-state index in [0.717, 1.165) is 17.3 Å². The molecule has 1 saturated carbocycles. The van der Waals surface area contributed by atoms with Crippen LogP contribution in [-0.4, -0.2) is 5.84 Å². The van der Waals surface area contributed by atoms with Gasteiger partial charge in [0.1, 0.15) is 17.3 Å². The molecule has 0 saturated heterocycles. The molecule has 1 fully saturated rings. The fraction of sp³-hybridized carbons (Fsp3) is 0.417. The van der Waals surface area contributed by atoms with Crippen molar-refractivity contribution in [1.82, 2.24) is 0 Å². The number of aliphatic imine (C=N–C) groups is 1. The molecule has 86 valence electrons. The van der Waals surface area contributed by atoms with Gasteiger partial charge in [-0.05, 0) is 31.0 Å². The molecule has 2 N–H and O–H groups in total. The number of halogens is 2. The second-order valence-corrected chi connectivity index (χ2v) is 5.03. The lowest BCUT2D eigenvalue weighted by molar-refractivity contribution is 0.628. The summed E-state index contributed by atoms with van der Waals surface area (Å²) in [6.07, 6.45) is 4.54. The van der Waals surface area contributed by atoms with Crippen LogP contribution in [0, 0.1) is 11.7 Å². The molecule has 16 heavy (non-hydrogen) atoms. The van der Waals surface area contributed by atoms with Crippen LogP contribution in [0.3, 0.4) is 0 Å². The summed E-state index contributed by atoms with van der Waals surface area (Å²) in [6, 6.07) is 4.70. The van der Waals surface area contributed by atoms with Gasteiger partial charge in [0, 0.05) is 10.4 Å². The summed E-state index contributed by atoms with van der Waals surface area (Å²) in [5.41, 5.74) is 6.22. The van der Waals surface area contributed by atoms with Crippen LogP contribution in [0.2, 0.25) is 0 Å². The average molecular weight is 285 g/mol. The fourth-order valence-corrected chi connectivity index (χ4v) is 2.37. The second-order valence-electron chi connectivity index (χ2n) is 4.11. The van der Waals surface area contributed by atoms with Crippen LogP contribution in [0.5, 0.6) is 0 Å². The number of amidine groups is 1. The molecule has 2 nitrogen and oxygen atoms in total. The first kappa shape index (κ1) is 11.6. The second kappa shape index (κ2) is 4.95. The monoisotopic (exact) mass is 284 g/mol. The summed E-state index contributed by atoms with van der Waals surface area (Å²) in [6.45, 7) is 0. The van der Waals surface area contributed by atoms with E-state index in [1.54, 1.807) is 12.1 Å². The number of nitrogens with two attached hydrogens (primary N) is 1. The van der Waals surface area contributed by atoms with E-state index in [9.17, 15) is 4.39 Å². The summed E-state index contributed by atoms with van der Waals surface area (Å²) in [5.74, 6) is 0.567. The van der Waals surface area contributed by atoms with Crippen molar-refractivity contribution in [3.05, 3.63) is 28.5 Å². The van der Waals surface area contributed by atoms with Crippen molar-refractivity contribution < 1.29 is 4.39 Å². The SMILES string of the molecule is NC(=Nc1cc(Br)ccc1F)C1CCCC1. The minimum absolute atomic E-state index is 0.318. The molecule has 2 rings (SSSR count). The third-order valence-corrected chi connectivity index (χ3v) is 3.42. The van der Waals surface area contributed by atoms with Crippen LogP contribution in [0.25, 0.3) is 0 Å². The van der Waals surface area contributed by atoms with Crippen molar-refractivity contribution in [2.45, 2.75) is 25.7 Å². The summed E-state index contributed by atoms with van der Waals surface area (Å²) in [5, 5.41) is 0. The van der Waals surface area contributed by atoms with Gasteiger partial charge < -0.3 is 5.73 Å². The highest BCUT2D eigenvalue weighted by atomic mass is 79.9. The van der Waals surface area contributed by atoms with Crippen LogP contribution in [0.1, 0.15) is 25.7 Å². The van der Waals surface area contributed by atoms with E-state index in [-0.39, 0.29) is 5.82 Å². The van der Waals surface area contributed by atoms with Crippen LogP contribution in [0.4, 0.5) is 10.1 Å². The van der Waals surface area contributed by atoms with Gasteiger partial charge in [0.25, 0.3) is 0 Å². The summed E-state index contributed by atoms with van der Waals surface area (Å²) < 4.78 is 14.2. The molecule has 1 aliphatic rings. The Hall–Kier alpha value is -0.900. The largest absolute Gasteiger partial charge is 0.387 e. The Morgan fingerprint density at radius 1 is 1.38 bits per heavy atom.